The molecule has 1 aromatic carbocycles. The molecular formula is C23H22ClN5O2. The van der Waals surface area contributed by atoms with E-state index >= 15 is 0 Å². The minimum atomic E-state index is 0.369. The smallest absolute Gasteiger partial charge is 0.316 e. The maximum atomic E-state index is 6.65. The maximum Gasteiger partial charge on any atom is 0.316 e. The predicted molar refractivity (Wildman–Crippen MR) is 119 cm³/mol. The van der Waals surface area contributed by atoms with E-state index in [4.69, 9.17) is 21.1 Å². The molecule has 1 aliphatic rings. The second-order valence-electron chi connectivity index (χ2n) is 7.62. The van der Waals surface area contributed by atoms with Crippen LogP contribution in [0.15, 0.2) is 49.1 Å². The number of halogens is 1. The zero-order valence-electron chi connectivity index (χ0n) is 17.4. The molecule has 1 aliphatic heterocycles. The standard InChI is InChI=1S/C23H22ClN5O2/c1-15-7-17-3-4-29(21(17)12-25-15)19-8-18-14-28(5-6-31-22(18)20(24)9-19)13-16-10-26-23(30-2)27-11-16/h3-4,7-12H,5-6,13-14H2,1-2H3. The number of nitrogens with zero attached hydrogens (tertiary/aromatic N) is 5. The molecule has 0 unspecified atom stereocenters. The van der Waals surface area contributed by atoms with Crippen LogP contribution in [0, 0.1) is 6.92 Å². The Kier molecular flexibility index (Phi) is 5.21. The number of pyridine rings is 1. The molecule has 158 valence electrons. The highest BCUT2D eigenvalue weighted by atomic mass is 35.5. The highest BCUT2D eigenvalue weighted by Gasteiger charge is 2.20. The van der Waals surface area contributed by atoms with Gasteiger partial charge in [-0.15, -0.1) is 0 Å². The molecule has 0 amide bonds. The minimum absolute atomic E-state index is 0.369. The number of hydrogen-bond donors (Lipinski definition) is 0. The molecule has 5 rings (SSSR count). The predicted octanol–water partition coefficient (Wildman–Crippen LogP) is 4.18. The summed E-state index contributed by atoms with van der Waals surface area (Å²) in [6.45, 7) is 4.77. The summed E-state index contributed by atoms with van der Waals surface area (Å²) in [4.78, 5) is 15.2. The normalized spacial score (nSPS) is 14.2. The lowest BCUT2D eigenvalue weighted by Gasteiger charge is -2.19. The maximum absolute atomic E-state index is 6.65. The van der Waals surface area contributed by atoms with E-state index in [0.29, 0.717) is 30.7 Å². The fourth-order valence-electron chi connectivity index (χ4n) is 3.94. The molecule has 4 aromatic rings. The molecule has 0 saturated carbocycles. The van der Waals surface area contributed by atoms with Crippen molar-refractivity contribution in [3.8, 4) is 17.4 Å². The Morgan fingerprint density at radius 2 is 1.97 bits per heavy atom. The molecule has 0 aliphatic carbocycles. The lowest BCUT2D eigenvalue weighted by Crippen LogP contribution is -2.25. The molecule has 0 radical (unpaired) electrons. The van der Waals surface area contributed by atoms with Crippen molar-refractivity contribution in [1.82, 2.24) is 24.4 Å². The third kappa shape index (κ3) is 3.94. The van der Waals surface area contributed by atoms with Crippen molar-refractivity contribution in [2.24, 2.45) is 0 Å². The van der Waals surface area contributed by atoms with Gasteiger partial charge in [0.1, 0.15) is 12.4 Å². The Morgan fingerprint density at radius 1 is 1.13 bits per heavy atom. The number of benzene rings is 1. The van der Waals surface area contributed by atoms with Crippen LogP contribution in [0.5, 0.6) is 11.8 Å². The van der Waals surface area contributed by atoms with Gasteiger partial charge in [-0.2, -0.15) is 0 Å². The van der Waals surface area contributed by atoms with Crippen LogP contribution in [0.3, 0.4) is 0 Å². The van der Waals surface area contributed by atoms with Crippen LogP contribution in [0.4, 0.5) is 0 Å². The van der Waals surface area contributed by atoms with E-state index in [1.165, 1.54) is 0 Å². The number of aryl methyl sites for hydroxylation is 1. The first-order valence-corrected chi connectivity index (χ1v) is 10.4. The summed E-state index contributed by atoms with van der Waals surface area (Å²) in [5.41, 5.74) is 5.10. The van der Waals surface area contributed by atoms with Crippen LogP contribution in [-0.2, 0) is 13.1 Å². The molecule has 0 N–H and O–H groups in total. The van der Waals surface area contributed by atoms with Gasteiger partial charge < -0.3 is 14.0 Å². The number of methoxy groups -OCH3 is 1. The molecule has 0 spiro atoms. The monoisotopic (exact) mass is 435 g/mol. The zero-order chi connectivity index (χ0) is 21.4. The Balaban J connectivity index is 1.46. The van der Waals surface area contributed by atoms with Gasteiger partial charge in [0.25, 0.3) is 0 Å². The molecule has 8 heteroatoms. The van der Waals surface area contributed by atoms with Crippen LogP contribution >= 0.6 is 11.6 Å². The Hall–Kier alpha value is -3.16. The Bertz CT molecular complexity index is 1240. The largest absolute Gasteiger partial charge is 0.490 e. The summed E-state index contributed by atoms with van der Waals surface area (Å²) in [5, 5.41) is 1.76. The first-order chi connectivity index (χ1) is 15.1. The molecule has 0 saturated heterocycles. The third-order valence-electron chi connectivity index (χ3n) is 5.42. The molecule has 7 nitrogen and oxygen atoms in total. The lowest BCUT2D eigenvalue weighted by atomic mass is 10.1. The van der Waals surface area contributed by atoms with Gasteiger partial charge in [-0.25, -0.2) is 9.97 Å². The molecular weight excluding hydrogens is 414 g/mol. The fraction of sp³-hybridized carbons (Fsp3) is 0.261. The molecule has 31 heavy (non-hydrogen) atoms. The molecule has 4 heterocycles. The second kappa shape index (κ2) is 8.17. The van der Waals surface area contributed by atoms with Gasteiger partial charge in [-0.1, -0.05) is 11.6 Å². The zero-order valence-corrected chi connectivity index (χ0v) is 18.1. The topological polar surface area (TPSA) is 65.3 Å². The van der Waals surface area contributed by atoms with Crippen molar-refractivity contribution in [2.45, 2.75) is 20.0 Å². The summed E-state index contributed by atoms with van der Waals surface area (Å²) in [6, 6.07) is 8.64. The van der Waals surface area contributed by atoms with Crippen LogP contribution in [0.1, 0.15) is 16.8 Å². The van der Waals surface area contributed by atoms with Crippen molar-refractivity contribution in [2.75, 3.05) is 20.3 Å². The summed E-state index contributed by atoms with van der Waals surface area (Å²) in [7, 11) is 1.56. The Labute approximate surface area is 185 Å². The molecule has 0 fully saturated rings. The summed E-state index contributed by atoms with van der Waals surface area (Å²) in [5.74, 6) is 0.754. The number of hydrogen-bond acceptors (Lipinski definition) is 6. The first-order valence-electron chi connectivity index (χ1n) is 10.1. The van der Waals surface area contributed by atoms with E-state index in [1.807, 2.05) is 25.4 Å². The molecule has 0 atom stereocenters. The summed E-state index contributed by atoms with van der Waals surface area (Å²) < 4.78 is 13.2. The van der Waals surface area contributed by atoms with E-state index in [2.05, 4.69) is 42.6 Å². The first kappa shape index (κ1) is 19.8. The van der Waals surface area contributed by atoms with Crippen molar-refractivity contribution in [1.29, 1.82) is 0 Å². The van der Waals surface area contributed by atoms with Crippen molar-refractivity contribution < 1.29 is 9.47 Å². The fourth-order valence-corrected chi connectivity index (χ4v) is 4.23. The van der Waals surface area contributed by atoms with Crippen LogP contribution < -0.4 is 9.47 Å². The van der Waals surface area contributed by atoms with E-state index < -0.39 is 0 Å². The van der Waals surface area contributed by atoms with Gasteiger partial charge in [-0.05, 0) is 31.2 Å². The van der Waals surface area contributed by atoms with E-state index in [0.717, 1.165) is 45.7 Å². The van der Waals surface area contributed by atoms with E-state index in [-0.39, 0.29) is 0 Å². The quantitative estimate of drug-likeness (QED) is 0.479. The van der Waals surface area contributed by atoms with Crippen molar-refractivity contribution >= 4 is 22.5 Å². The SMILES string of the molecule is COc1ncc(CN2CCOc3c(Cl)cc(-n4ccc5cc(C)ncc54)cc3C2)cn1. The van der Waals surface area contributed by atoms with Crippen molar-refractivity contribution in [3.63, 3.8) is 0 Å². The number of fused-ring (bicyclic) bond motifs is 2. The van der Waals surface area contributed by atoms with Gasteiger partial charge in [0, 0.05) is 66.1 Å². The van der Waals surface area contributed by atoms with Crippen LogP contribution in [-0.4, -0.2) is 44.7 Å². The molecule has 3 aromatic heterocycles. The average molecular weight is 436 g/mol. The van der Waals surface area contributed by atoms with E-state index in [9.17, 15) is 0 Å². The number of ether oxygens (including phenoxy) is 2. The van der Waals surface area contributed by atoms with Gasteiger partial charge in [0.2, 0.25) is 0 Å². The highest BCUT2D eigenvalue weighted by molar-refractivity contribution is 6.32. The number of rotatable bonds is 4. The summed E-state index contributed by atoms with van der Waals surface area (Å²) >= 11 is 6.65. The van der Waals surface area contributed by atoms with Crippen LogP contribution in [0.2, 0.25) is 5.02 Å². The highest BCUT2D eigenvalue weighted by Crippen LogP contribution is 2.35. The van der Waals surface area contributed by atoms with Crippen molar-refractivity contribution in [3.05, 3.63) is 70.9 Å². The summed E-state index contributed by atoms with van der Waals surface area (Å²) in [6.07, 6.45) is 7.54. The number of aromatic nitrogens is 4. The lowest BCUT2D eigenvalue weighted by molar-refractivity contribution is 0.219. The van der Waals surface area contributed by atoms with Gasteiger partial charge in [0.05, 0.1) is 23.8 Å². The van der Waals surface area contributed by atoms with E-state index in [1.54, 1.807) is 19.5 Å². The average Bonchev–Trinajstić information content (AvgIpc) is 3.07. The van der Waals surface area contributed by atoms with Gasteiger partial charge in [0.15, 0.2) is 0 Å². The minimum Gasteiger partial charge on any atom is -0.490 e. The van der Waals surface area contributed by atoms with Gasteiger partial charge >= 0.3 is 6.01 Å². The third-order valence-corrected chi connectivity index (χ3v) is 5.70. The van der Waals surface area contributed by atoms with Crippen LogP contribution in [0.25, 0.3) is 16.6 Å². The molecule has 0 bridgehead atoms. The Morgan fingerprint density at radius 3 is 2.77 bits per heavy atom. The second-order valence-corrected chi connectivity index (χ2v) is 8.03. The van der Waals surface area contributed by atoms with Gasteiger partial charge in [-0.3, -0.25) is 9.88 Å².